The van der Waals surface area contributed by atoms with E-state index < -0.39 is 29.5 Å². The molecule has 0 radical (unpaired) electrons. The van der Waals surface area contributed by atoms with Crippen molar-refractivity contribution in [2.45, 2.75) is 11.7 Å². The Labute approximate surface area is 138 Å². The molecule has 24 heavy (non-hydrogen) atoms. The molecule has 0 aromatic heterocycles. The van der Waals surface area contributed by atoms with E-state index >= 15 is 0 Å². The highest BCUT2D eigenvalue weighted by Crippen LogP contribution is 2.53. The van der Waals surface area contributed by atoms with Crippen molar-refractivity contribution >= 4 is 17.6 Å². The number of methoxy groups -OCH3 is 2. The minimum absolute atomic E-state index is 0.246. The van der Waals surface area contributed by atoms with E-state index in [9.17, 15) is 14.7 Å². The van der Waals surface area contributed by atoms with Crippen LogP contribution in [0.2, 0.25) is 0 Å². The lowest BCUT2D eigenvalue weighted by Crippen LogP contribution is -2.45. The molecule has 0 aliphatic carbocycles. The number of rotatable bonds is 4. The van der Waals surface area contributed by atoms with Gasteiger partial charge in [-0.25, -0.2) is 0 Å². The molecule has 0 unspecified atom stereocenters. The first-order valence-electron chi connectivity index (χ1n) is 7.62. The molecule has 3 aliphatic rings. The van der Waals surface area contributed by atoms with Crippen LogP contribution in [0, 0.1) is 11.8 Å². The highest BCUT2D eigenvalue weighted by Gasteiger charge is 2.65. The van der Waals surface area contributed by atoms with Crippen LogP contribution in [0.3, 0.4) is 0 Å². The number of amides is 1. The maximum atomic E-state index is 12.9. The maximum Gasteiger partial charge on any atom is 0.234 e. The van der Waals surface area contributed by atoms with Crippen molar-refractivity contribution < 1.29 is 28.9 Å². The number of aliphatic carboxylic acids is 1. The molecule has 3 aliphatic heterocycles. The van der Waals surface area contributed by atoms with Gasteiger partial charge < -0.3 is 29.0 Å². The van der Waals surface area contributed by atoms with Crippen molar-refractivity contribution in [1.29, 1.82) is 0 Å². The summed E-state index contributed by atoms with van der Waals surface area (Å²) in [6.45, 7) is 0.246. The fourth-order valence-electron chi connectivity index (χ4n) is 3.98. The second kappa shape index (κ2) is 4.98. The Morgan fingerprint density at radius 2 is 2.17 bits per heavy atom. The molecule has 3 heterocycles. The first kappa shape index (κ1) is 15.0. The molecule has 2 bridgehead atoms. The van der Waals surface area contributed by atoms with Gasteiger partial charge in [-0.15, -0.1) is 0 Å². The van der Waals surface area contributed by atoms with E-state index in [1.807, 2.05) is 0 Å². The Hall–Kier alpha value is -2.54. The van der Waals surface area contributed by atoms with Crippen LogP contribution in [0.25, 0.3) is 0 Å². The Balaban J connectivity index is 1.74. The van der Waals surface area contributed by atoms with Crippen LogP contribution in [-0.4, -0.2) is 44.3 Å². The van der Waals surface area contributed by atoms with Crippen molar-refractivity contribution in [3.8, 4) is 11.5 Å². The predicted molar refractivity (Wildman–Crippen MR) is 80.6 cm³/mol. The van der Waals surface area contributed by atoms with E-state index in [-0.39, 0.29) is 12.5 Å². The van der Waals surface area contributed by atoms with Gasteiger partial charge in [-0.1, -0.05) is 12.2 Å². The summed E-state index contributed by atoms with van der Waals surface area (Å²) in [7, 11) is 3.05. The third-order valence-electron chi connectivity index (χ3n) is 5.05. The van der Waals surface area contributed by atoms with Crippen LogP contribution >= 0.6 is 0 Å². The van der Waals surface area contributed by atoms with Gasteiger partial charge in [-0.05, 0) is 12.1 Å². The van der Waals surface area contributed by atoms with Gasteiger partial charge in [-0.2, -0.15) is 0 Å². The standard InChI is InChI=1S/C17H17NO6/c1-22-9-3-4-10(12(7-9)23-2)18-8-17-6-5-11(24-17)13(16(20)21)14(17)15(18)19/h3-7,11,13-14H,8H2,1-2H3,(H,20,21)/p-1/t11-,13+,14-,17+/m1/s1. The van der Waals surface area contributed by atoms with E-state index in [1.165, 1.54) is 12.0 Å². The minimum atomic E-state index is -1.26. The number of carboxylic acid groups (broad SMARTS) is 1. The zero-order valence-corrected chi connectivity index (χ0v) is 13.2. The van der Waals surface area contributed by atoms with Gasteiger partial charge in [0.1, 0.15) is 17.1 Å². The molecule has 0 N–H and O–H groups in total. The van der Waals surface area contributed by atoms with Crippen LogP contribution in [-0.2, 0) is 14.3 Å². The van der Waals surface area contributed by atoms with Gasteiger partial charge in [0.05, 0.1) is 38.5 Å². The summed E-state index contributed by atoms with van der Waals surface area (Å²) in [5, 5.41) is 11.5. The first-order chi connectivity index (χ1) is 11.5. The number of nitrogens with zero attached hydrogens (tertiary/aromatic N) is 1. The molecular formula is C17H16NO6-. The van der Waals surface area contributed by atoms with Crippen molar-refractivity contribution in [3.05, 3.63) is 30.4 Å². The number of anilines is 1. The van der Waals surface area contributed by atoms with Crippen LogP contribution in [0.4, 0.5) is 5.69 Å². The van der Waals surface area contributed by atoms with Crippen LogP contribution in [0.5, 0.6) is 11.5 Å². The van der Waals surface area contributed by atoms with Crippen molar-refractivity contribution in [2.75, 3.05) is 25.7 Å². The maximum absolute atomic E-state index is 12.9. The third kappa shape index (κ3) is 1.81. The summed E-state index contributed by atoms with van der Waals surface area (Å²) in [5.41, 5.74) is -0.345. The summed E-state index contributed by atoms with van der Waals surface area (Å²) < 4.78 is 16.4. The fraction of sp³-hybridized carbons (Fsp3) is 0.412. The van der Waals surface area contributed by atoms with Gasteiger partial charge in [0.25, 0.3) is 0 Å². The number of carbonyl (C=O) groups excluding carboxylic acids is 2. The normalized spacial score (nSPS) is 33.0. The highest BCUT2D eigenvalue weighted by molar-refractivity contribution is 6.03. The lowest BCUT2D eigenvalue weighted by Gasteiger charge is -2.24. The number of hydrogen-bond acceptors (Lipinski definition) is 6. The van der Waals surface area contributed by atoms with Crippen LogP contribution < -0.4 is 19.5 Å². The predicted octanol–water partition coefficient (Wildman–Crippen LogP) is -0.260. The Morgan fingerprint density at radius 1 is 1.38 bits per heavy atom. The smallest absolute Gasteiger partial charge is 0.234 e. The Kier molecular flexibility index (Phi) is 3.11. The van der Waals surface area contributed by atoms with E-state index in [2.05, 4.69) is 0 Å². The molecule has 1 spiro atoms. The lowest BCUT2D eigenvalue weighted by atomic mass is 9.77. The number of benzene rings is 1. The second-order valence-electron chi connectivity index (χ2n) is 6.18. The molecule has 1 aromatic carbocycles. The lowest BCUT2D eigenvalue weighted by molar-refractivity contribution is -0.313. The van der Waals surface area contributed by atoms with E-state index in [4.69, 9.17) is 14.2 Å². The highest BCUT2D eigenvalue weighted by atomic mass is 16.5. The zero-order valence-electron chi connectivity index (χ0n) is 13.2. The van der Waals surface area contributed by atoms with E-state index in [0.29, 0.717) is 17.2 Å². The summed E-state index contributed by atoms with van der Waals surface area (Å²) in [4.78, 5) is 26.0. The number of carbonyl (C=O) groups is 2. The summed E-state index contributed by atoms with van der Waals surface area (Å²) >= 11 is 0. The number of hydrogen-bond donors (Lipinski definition) is 0. The summed E-state index contributed by atoms with van der Waals surface area (Å²) in [5.74, 6) is -2.21. The third-order valence-corrected chi connectivity index (χ3v) is 5.05. The summed E-state index contributed by atoms with van der Waals surface area (Å²) in [6, 6.07) is 5.12. The van der Waals surface area contributed by atoms with Gasteiger partial charge in [0.15, 0.2) is 0 Å². The Bertz CT molecular complexity index is 759. The van der Waals surface area contributed by atoms with Gasteiger partial charge in [0.2, 0.25) is 5.91 Å². The van der Waals surface area contributed by atoms with Gasteiger partial charge in [0, 0.05) is 18.0 Å². The average molecular weight is 330 g/mol. The topological polar surface area (TPSA) is 88.1 Å². The molecule has 7 heteroatoms. The van der Waals surface area contributed by atoms with Crippen molar-refractivity contribution in [1.82, 2.24) is 0 Å². The molecule has 2 saturated heterocycles. The fourth-order valence-corrected chi connectivity index (χ4v) is 3.98. The average Bonchev–Trinajstić information content (AvgIpc) is 3.22. The minimum Gasteiger partial charge on any atom is -0.550 e. The van der Waals surface area contributed by atoms with Gasteiger partial charge in [-0.3, -0.25) is 4.79 Å². The van der Waals surface area contributed by atoms with Crippen molar-refractivity contribution in [2.24, 2.45) is 11.8 Å². The largest absolute Gasteiger partial charge is 0.550 e. The molecular weight excluding hydrogens is 314 g/mol. The zero-order chi connectivity index (χ0) is 17.1. The summed E-state index contributed by atoms with van der Waals surface area (Å²) in [6.07, 6.45) is 2.91. The second-order valence-corrected chi connectivity index (χ2v) is 6.18. The van der Waals surface area contributed by atoms with Crippen LogP contribution in [0.15, 0.2) is 30.4 Å². The molecule has 126 valence electrons. The SMILES string of the molecule is COc1ccc(N2C[C@]34C=C[C@@H](O3)[C@H](C(=O)[O-])[C@@H]4C2=O)c(OC)c1. The molecule has 4 rings (SSSR count). The molecule has 4 atom stereocenters. The van der Waals surface area contributed by atoms with Gasteiger partial charge >= 0.3 is 0 Å². The molecule has 1 amide bonds. The number of carboxylic acids is 1. The van der Waals surface area contributed by atoms with E-state index in [1.54, 1.807) is 37.5 Å². The first-order valence-corrected chi connectivity index (χ1v) is 7.62. The molecule has 7 nitrogen and oxygen atoms in total. The van der Waals surface area contributed by atoms with Crippen molar-refractivity contribution in [3.63, 3.8) is 0 Å². The molecule has 2 fully saturated rings. The monoisotopic (exact) mass is 330 g/mol. The molecule has 1 aromatic rings. The number of ether oxygens (including phenoxy) is 3. The molecule has 0 saturated carbocycles. The Morgan fingerprint density at radius 3 is 2.83 bits per heavy atom. The number of fused-ring (bicyclic) bond motifs is 1. The van der Waals surface area contributed by atoms with Crippen LogP contribution in [0.1, 0.15) is 0 Å². The quantitative estimate of drug-likeness (QED) is 0.707. The van der Waals surface area contributed by atoms with E-state index in [0.717, 1.165) is 0 Å².